The molecule has 5 aromatic rings. The van der Waals surface area contributed by atoms with Crippen LogP contribution in [0.4, 0.5) is 18.9 Å². The van der Waals surface area contributed by atoms with Crippen molar-refractivity contribution in [2.24, 2.45) is 0 Å². The van der Waals surface area contributed by atoms with Gasteiger partial charge in [-0.25, -0.2) is 4.98 Å². The fraction of sp³-hybridized carbons (Fsp3) is 0.0400. The Morgan fingerprint density at radius 1 is 1.03 bits per heavy atom. The van der Waals surface area contributed by atoms with Gasteiger partial charge in [-0.15, -0.1) is 0 Å². The number of fused-ring (bicyclic) bond motifs is 1. The minimum Gasteiger partial charge on any atom is -0.457 e. The number of halogens is 4. The summed E-state index contributed by atoms with van der Waals surface area (Å²) in [6.07, 6.45) is -4.82. The second-order valence-electron chi connectivity index (χ2n) is 7.65. The van der Waals surface area contributed by atoms with Gasteiger partial charge in [-0.05, 0) is 60.7 Å². The summed E-state index contributed by atoms with van der Waals surface area (Å²) in [4.78, 5) is 17.4. The van der Waals surface area contributed by atoms with Crippen LogP contribution in [0.3, 0.4) is 0 Å². The number of hydrogen-bond donors (Lipinski definition) is 2. The van der Waals surface area contributed by atoms with Crippen molar-refractivity contribution < 1.29 is 17.9 Å². The van der Waals surface area contributed by atoms with E-state index in [9.17, 15) is 18.0 Å². The van der Waals surface area contributed by atoms with Crippen LogP contribution in [0.1, 0.15) is 11.3 Å². The van der Waals surface area contributed by atoms with Gasteiger partial charge in [0.1, 0.15) is 11.5 Å². The Balaban J connectivity index is 1.42. The highest BCUT2D eigenvalue weighted by Gasteiger charge is 2.39. The van der Waals surface area contributed by atoms with E-state index >= 15 is 0 Å². The summed E-state index contributed by atoms with van der Waals surface area (Å²) in [7, 11) is 0. The molecule has 0 unspecified atom stereocenters. The third-order valence-corrected chi connectivity index (χ3v) is 6.70. The largest absolute Gasteiger partial charge is 0.457 e. The lowest BCUT2D eigenvalue weighted by molar-refractivity contribution is -0.141. The number of thiazole rings is 1. The predicted molar refractivity (Wildman–Crippen MR) is 138 cm³/mol. The zero-order chi connectivity index (χ0) is 25.4. The van der Waals surface area contributed by atoms with Crippen molar-refractivity contribution in [2.45, 2.75) is 6.18 Å². The number of anilines is 1. The van der Waals surface area contributed by atoms with Crippen LogP contribution < -0.4 is 15.6 Å². The first-order chi connectivity index (χ1) is 17.2. The summed E-state index contributed by atoms with van der Waals surface area (Å²) in [5.74, 6) is 1.16. The Hall–Kier alpha value is -3.83. The first kappa shape index (κ1) is 23.9. The van der Waals surface area contributed by atoms with E-state index in [1.807, 2.05) is 12.1 Å². The smallest absolute Gasteiger partial charge is 0.433 e. The molecule has 0 aliphatic heterocycles. The van der Waals surface area contributed by atoms with Crippen LogP contribution in [0.15, 0.2) is 88.6 Å². The number of nitrogens with zero attached hydrogens (tertiary/aromatic N) is 2. The third-order valence-electron chi connectivity index (χ3n) is 5.15. The summed E-state index contributed by atoms with van der Waals surface area (Å²) in [5, 5.41) is 5.07. The Morgan fingerprint density at radius 3 is 2.31 bits per heavy atom. The monoisotopic (exact) mass is 572 g/mol. The van der Waals surface area contributed by atoms with Crippen molar-refractivity contribution in [3.8, 4) is 16.6 Å². The number of aromatic nitrogens is 3. The molecule has 182 valence electrons. The van der Waals surface area contributed by atoms with Gasteiger partial charge in [0.2, 0.25) is 5.13 Å². The molecular formula is C25H16BrF3N4O2S. The average molecular weight is 573 g/mol. The molecule has 0 saturated heterocycles. The van der Waals surface area contributed by atoms with Gasteiger partial charge in [-0.3, -0.25) is 9.89 Å². The van der Waals surface area contributed by atoms with Gasteiger partial charge >= 0.3 is 6.18 Å². The summed E-state index contributed by atoms with van der Waals surface area (Å²) >= 11 is 4.46. The maximum absolute atomic E-state index is 13.9. The van der Waals surface area contributed by atoms with E-state index in [4.69, 9.17) is 4.74 Å². The van der Waals surface area contributed by atoms with E-state index < -0.39 is 23.0 Å². The van der Waals surface area contributed by atoms with Gasteiger partial charge in [-0.2, -0.15) is 17.9 Å². The van der Waals surface area contributed by atoms with E-state index in [1.165, 1.54) is 0 Å². The second kappa shape index (κ2) is 9.32. The molecule has 0 bridgehead atoms. The minimum absolute atomic E-state index is 0.0974. The topological polar surface area (TPSA) is 71.9 Å². The third kappa shape index (κ3) is 4.79. The van der Waals surface area contributed by atoms with E-state index in [0.717, 1.165) is 25.2 Å². The molecule has 0 amide bonds. The summed E-state index contributed by atoms with van der Waals surface area (Å²) in [6, 6.07) is 20.8. The molecule has 0 saturated carbocycles. The SMILES string of the molecule is C=C(Nc1ccc(Oc2ccc(Br)cc2)cc1)c1c(C(F)(F)F)[nH]n(-c2nc3ccccc3s2)c1=O. The fourth-order valence-corrected chi connectivity index (χ4v) is 4.68. The van der Waals surface area contributed by atoms with E-state index in [0.29, 0.717) is 22.7 Å². The molecular weight excluding hydrogens is 557 g/mol. The first-order valence-corrected chi connectivity index (χ1v) is 12.1. The molecule has 2 N–H and O–H groups in total. The molecule has 0 atom stereocenters. The van der Waals surface area contributed by atoms with Crippen molar-refractivity contribution in [1.29, 1.82) is 0 Å². The summed E-state index contributed by atoms with van der Waals surface area (Å²) in [6.45, 7) is 3.71. The van der Waals surface area contributed by atoms with Crippen LogP contribution in [0.2, 0.25) is 0 Å². The highest BCUT2D eigenvalue weighted by molar-refractivity contribution is 9.10. The highest BCUT2D eigenvalue weighted by Crippen LogP contribution is 2.34. The minimum atomic E-state index is -4.82. The van der Waals surface area contributed by atoms with E-state index in [1.54, 1.807) is 60.7 Å². The number of para-hydroxylation sites is 1. The van der Waals surface area contributed by atoms with Crippen LogP contribution in [-0.2, 0) is 6.18 Å². The molecule has 5 rings (SSSR count). The number of alkyl halides is 3. The summed E-state index contributed by atoms with van der Waals surface area (Å²) in [5.41, 5.74) is -1.92. The number of benzene rings is 3. The Labute approximate surface area is 214 Å². The molecule has 0 fully saturated rings. The van der Waals surface area contributed by atoms with Crippen molar-refractivity contribution in [3.05, 3.63) is 105 Å². The average Bonchev–Trinajstić information content (AvgIpc) is 3.42. The molecule has 0 aliphatic carbocycles. The normalized spacial score (nSPS) is 11.6. The van der Waals surface area contributed by atoms with Gasteiger partial charge in [0.25, 0.3) is 5.56 Å². The lowest BCUT2D eigenvalue weighted by Crippen LogP contribution is -2.19. The van der Waals surface area contributed by atoms with Crippen molar-refractivity contribution in [2.75, 3.05) is 5.32 Å². The fourth-order valence-electron chi connectivity index (χ4n) is 3.49. The maximum atomic E-state index is 13.9. The first-order valence-electron chi connectivity index (χ1n) is 10.5. The summed E-state index contributed by atoms with van der Waals surface area (Å²) < 4.78 is 49.8. The molecule has 0 aliphatic rings. The van der Waals surface area contributed by atoms with E-state index in [2.05, 4.69) is 37.9 Å². The van der Waals surface area contributed by atoms with Gasteiger partial charge in [0.15, 0.2) is 5.69 Å². The quantitative estimate of drug-likeness (QED) is 0.222. The van der Waals surface area contributed by atoms with Crippen molar-refractivity contribution in [1.82, 2.24) is 14.8 Å². The van der Waals surface area contributed by atoms with Gasteiger partial charge in [0, 0.05) is 15.9 Å². The number of aromatic amines is 1. The molecule has 6 nitrogen and oxygen atoms in total. The Morgan fingerprint density at radius 2 is 1.67 bits per heavy atom. The van der Waals surface area contributed by atoms with E-state index in [-0.39, 0.29) is 10.8 Å². The van der Waals surface area contributed by atoms with Crippen LogP contribution in [0.5, 0.6) is 11.5 Å². The molecule has 0 spiro atoms. The predicted octanol–water partition coefficient (Wildman–Crippen LogP) is 7.43. The number of nitrogens with one attached hydrogen (secondary N) is 2. The van der Waals surface area contributed by atoms with Crippen LogP contribution in [-0.4, -0.2) is 14.8 Å². The molecule has 36 heavy (non-hydrogen) atoms. The Kier molecular flexibility index (Phi) is 6.19. The zero-order valence-corrected chi connectivity index (χ0v) is 20.7. The maximum Gasteiger partial charge on any atom is 0.433 e. The number of H-pyrrole nitrogens is 1. The van der Waals surface area contributed by atoms with Gasteiger partial charge in [-0.1, -0.05) is 46.0 Å². The van der Waals surface area contributed by atoms with Crippen molar-refractivity contribution >= 4 is 48.9 Å². The number of hydrogen-bond acceptors (Lipinski definition) is 5. The second-order valence-corrected chi connectivity index (χ2v) is 9.57. The van der Waals surface area contributed by atoms with Crippen LogP contribution >= 0.6 is 27.3 Å². The van der Waals surface area contributed by atoms with Crippen molar-refractivity contribution in [3.63, 3.8) is 0 Å². The zero-order valence-electron chi connectivity index (χ0n) is 18.3. The number of rotatable bonds is 6. The molecule has 2 aromatic heterocycles. The molecule has 2 heterocycles. The van der Waals surface area contributed by atoms with Gasteiger partial charge in [0.05, 0.1) is 15.8 Å². The molecule has 0 radical (unpaired) electrons. The van der Waals surface area contributed by atoms with Crippen LogP contribution in [0.25, 0.3) is 21.0 Å². The number of ether oxygens (including phenoxy) is 1. The standard InChI is InChI=1S/C25H16BrF3N4O2S/c1-14(30-16-8-12-18(13-9-16)35-17-10-6-15(26)7-11-17)21-22(25(27,28)29)32-33(23(21)34)24-31-19-4-2-3-5-20(19)36-24/h2-13,30,32H,1H2. The lowest BCUT2D eigenvalue weighted by atomic mass is 10.1. The van der Waals surface area contributed by atoms with Crippen LogP contribution in [0, 0.1) is 0 Å². The highest BCUT2D eigenvalue weighted by atomic mass is 79.9. The lowest BCUT2D eigenvalue weighted by Gasteiger charge is -2.12. The van der Waals surface area contributed by atoms with Gasteiger partial charge < -0.3 is 10.1 Å². The molecule has 11 heteroatoms. The molecule has 3 aromatic carbocycles. The Bertz CT molecular complexity index is 1590.